The minimum absolute atomic E-state index is 0.0233. The lowest BCUT2D eigenvalue weighted by molar-refractivity contribution is -0.127. The van der Waals surface area contributed by atoms with Crippen molar-refractivity contribution < 1.29 is 9.59 Å². The zero-order valence-electron chi connectivity index (χ0n) is 11.7. The molecule has 1 aromatic heterocycles. The molecule has 5 nitrogen and oxygen atoms in total. The van der Waals surface area contributed by atoms with E-state index in [1.165, 1.54) is 0 Å². The smallest absolute Gasteiger partial charge is 0.315 e. The molecule has 0 aromatic carbocycles. The molecule has 0 spiro atoms. The van der Waals surface area contributed by atoms with Crippen molar-refractivity contribution in [1.29, 1.82) is 0 Å². The first-order valence-corrected chi connectivity index (χ1v) is 7.90. The number of carbonyl (C=O) groups excluding carboxylic acids is 2. The maximum Gasteiger partial charge on any atom is 0.315 e. The Kier molecular flexibility index (Phi) is 5.40. The van der Waals surface area contributed by atoms with Gasteiger partial charge in [0.15, 0.2) is 0 Å². The van der Waals surface area contributed by atoms with Crippen LogP contribution in [0.4, 0.5) is 4.79 Å². The summed E-state index contributed by atoms with van der Waals surface area (Å²) < 4.78 is 0. The van der Waals surface area contributed by atoms with Gasteiger partial charge < -0.3 is 15.5 Å². The third kappa shape index (κ3) is 4.23. The van der Waals surface area contributed by atoms with Gasteiger partial charge in [-0.25, -0.2) is 4.79 Å². The molecule has 3 amide bonds. The van der Waals surface area contributed by atoms with Crippen LogP contribution in [-0.2, 0) is 4.79 Å². The Bertz CT molecular complexity index is 447. The number of hydrogen-bond donors (Lipinski definition) is 2. The molecule has 0 aliphatic carbocycles. The normalized spacial score (nSPS) is 16.2. The van der Waals surface area contributed by atoms with Gasteiger partial charge in [0.1, 0.15) is 0 Å². The van der Waals surface area contributed by atoms with Gasteiger partial charge in [-0.05, 0) is 31.2 Å². The van der Waals surface area contributed by atoms with E-state index >= 15 is 0 Å². The van der Waals surface area contributed by atoms with Crippen LogP contribution in [0.5, 0.6) is 0 Å². The Hall–Kier alpha value is -1.56. The van der Waals surface area contributed by atoms with E-state index in [2.05, 4.69) is 10.6 Å². The van der Waals surface area contributed by atoms with Gasteiger partial charge in [0.05, 0.1) is 6.04 Å². The maximum atomic E-state index is 11.7. The van der Waals surface area contributed by atoms with Gasteiger partial charge >= 0.3 is 6.03 Å². The van der Waals surface area contributed by atoms with E-state index < -0.39 is 0 Å². The van der Waals surface area contributed by atoms with Crippen LogP contribution in [0.15, 0.2) is 17.5 Å². The molecule has 2 rings (SSSR count). The van der Waals surface area contributed by atoms with Crippen LogP contribution in [0.25, 0.3) is 0 Å². The van der Waals surface area contributed by atoms with Crippen LogP contribution in [0.2, 0.25) is 0 Å². The summed E-state index contributed by atoms with van der Waals surface area (Å²) in [5.74, 6) is 0.237. The van der Waals surface area contributed by atoms with Crippen molar-refractivity contribution >= 4 is 23.3 Å². The van der Waals surface area contributed by atoms with Gasteiger partial charge in [0, 0.05) is 30.9 Å². The molecule has 2 heterocycles. The van der Waals surface area contributed by atoms with Gasteiger partial charge in [-0.3, -0.25) is 4.79 Å². The summed E-state index contributed by atoms with van der Waals surface area (Å²) in [7, 11) is 0. The summed E-state index contributed by atoms with van der Waals surface area (Å²) in [5.41, 5.74) is 0. The molecule has 1 saturated heterocycles. The lowest BCUT2D eigenvalue weighted by atomic mass is 10.3. The van der Waals surface area contributed by atoms with E-state index in [0.29, 0.717) is 13.0 Å². The molecule has 0 unspecified atom stereocenters. The van der Waals surface area contributed by atoms with E-state index in [4.69, 9.17) is 0 Å². The summed E-state index contributed by atoms with van der Waals surface area (Å²) in [6.07, 6.45) is 2.43. The van der Waals surface area contributed by atoms with Crippen LogP contribution >= 0.6 is 11.3 Å². The number of amides is 3. The zero-order valence-corrected chi connectivity index (χ0v) is 12.5. The highest BCUT2D eigenvalue weighted by Crippen LogP contribution is 2.17. The Balaban J connectivity index is 1.59. The summed E-state index contributed by atoms with van der Waals surface area (Å²) in [6, 6.07) is 3.85. The van der Waals surface area contributed by atoms with Crippen LogP contribution < -0.4 is 10.6 Å². The molecule has 1 fully saturated rings. The van der Waals surface area contributed by atoms with Crippen molar-refractivity contribution in [3.8, 4) is 0 Å². The van der Waals surface area contributed by atoms with Crippen LogP contribution in [0, 0.1) is 0 Å². The predicted octanol–water partition coefficient (Wildman–Crippen LogP) is 2.12. The number of urea groups is 1. The molecule has 110 valence electrons. The summed E-state index contributed by atoms with van der Waals surface area (Å²) in [6.45, 7) is 4.15. The Labute approximate surface area is 123 Å². The van der Waals surface area contributed by atoms with E-state index in [9.17, 15) is 9.59 Å². The molecular formula is C14H21N3O2S. The zero-order chi connectivity index (χ0) is 14.4. The molecule has 0 radical (unpaired) electrons. The number of rotatable bonds is 6. The number of nitrogens with one attached hydrogen (secondary N) is 2. The average molecular weight is 295 g/mol. The maximum absolute atomic E-state index is 11.7. The van der Waals surface area contributed by atoms with Crippen LogP contribution in [-0.4, -0.2) is 36.5 Å². The second-order valence-corrected chi connectivity index (χ2v) is 5.95. The SMILES string of the molecule is C[C@H](NC(=O)NCCCN1CCCC1=O)c1cccs1. The topological polar surface area (TPSA) is 61.4 Å². The largest absolute Gasteiger partial charge is 0.343 e. The van der Waals surface area contributed by atoms with Crippen molar-refractivity contribution in [2.75, 3.05) is 19.6 Å². The fourth-order valence-corrected chi connectivity index (χ4v) is 3.00. The van der Waals surface area contributed by atoms with E-state index in [1.807, 2.05) is 29.3 Å². The number of hydrogen-bond acceptors (Lipinski definition) is 3. The summed E-state index contributed by atoms with van der Waals surface area (Å²) >= 11 is 1.63. The van der Waals surface area contributed by atoms with Gasteiger partial charge in [-0.15, -0.1) is 11.3 Å². The molecule has 20 heavy (non-hydrogen) atoms. The fourth-order valence-electron chi connectivity index (χ4n) is 2.27. The molecular weight excluding hydrogens is 274 g/mol. The van der Waals surface area contributed by atoms with E-state index in [0.717, 1.165) is 30.8 Å². The van der Waals surface area contributed by atoms with Gasteiger partial charge in [-0.2, -0.15) is 0 Å². The molecule has 1 atom stereocenters. The summed E-state index contributed by atoms with van der Waals surface area (Å²) in [5, 5.41) is 7.73. The molecule has 0 saturated carbocycles. The standard InChI is InChI=1S/C14H21N3O2S/c1-11(12-5-3-10-20-12)16-14(19)15-7-4-9-17-8-2-6-13(17)18/h3,5,10-11H,2,4,6-9H2,1H3,(H2,15,16,19)/t11-/m0/s1. The van der Waals surface area contributed by atoms with Crippen molar-refractivity contribution in [3.05, 3.63) is 22.4 Å². The monoisotopic (exact) mass is 295 g/mol. The Morgan fingerprint density at radius 2 is 2.40 bits per heavy atom. The second kappa shape index (κ2) is 7.28. The summed E-state index contributed by atoms with van der Waals surface area (Å²) in [4.78, 5) is 26.1. The average Bonchev–Trinajstić information content (AvgIpc) is 3.06. The Morgan fingerprint density at radius 1 is 1.55 bits per heavy atom. The fraction of sp³-hybridized carbons (Fsp3) is 0.571. The molecule has 2 N–H and O–H groups in total. The quantitative estimate of drug-likeness (QED) is 0.790. The van der Waals surface area contributed by atoms with Crippen LogP contribution in [0.1, 0.15) is 37.1 Å². The molecule has 6 heteroatoms. The lowest BCUT2D eigenvalue weighted by Crippen LogP contribution is -2.38. The number of nitrogens with zero attached hydrogens (tertiary/aromatic N) is 1. The predicted molar refractivity (Wildman–Crippen MR) is 79.7 cm³/mol. The van der Waals surface area contributed by atoms with Crippen molar-refractivity contribution in [1.82, 2.24) is 15.5 Å². The first kappa shape index (κ1) is 14.8. The van der Waals surface area contributed by atoms with Gasteiger partial charge in [-0.1, -0.05) is 6.07 Å². The minimum Gasteiger partial charge on any atom is -0.343 e. The second-order valence-electron chi connectivity index (χ2n) is 4.98. The van der Waals surface area contributed by atoms with Crippen molar-refractivity contribution in [3.63, 3.8) is 0 Å². The highest BCUT2D eigenvalue weighted by atomic mass is 32.1. The molecule has 1 aliphatic rings. The minimum atomic E-state index is -0.154. The Morgan fingerprint density at radius 3 is 3.05 bits per heavy atom. The molecule has 1 aromatic rings. The van der Waals surface area contributed by atoms with Gasteiger partial charge in [0.2, 0.25) is 5.91 Å². The molecule has 1 aliphatic heterocycles. The number of likely N-dealkylation sites (tertiary alicyclic amines) is 1. The highest BCUT2D eigenvalue weighted by Gasteiger charge is 2.19. The number of carbonyl (C=O) groups is 2. The van der Waals surface area contributed by atoms with Crippen molar-refractivity contribution in [2.45, 2.75) is 32.2 Å². The number of thiophene rings is 1. The first-order chi connectivity index (χ1) is 9.66. The third-order valence-corrected chi connectivity index (χ3v) is 4.43. The van der Waals surface area contributed by atoms with Crippen molar-refractivity contribution in [2.24, 2.45) is 0 Å². The first-order valence-electron chi connectivity index (χ1n) is 7.02. The van der Waals surface area contributed by atoms with E-state index in [1.54, 1.807) is 11.3 Å². The van der Waals surface area contributed by atoms with Gasteiger partial charge in [0.25, 0.3) is 0 Å². The van der Waals surface area contributed by atoms with E-state index in [-0.39, 0.29) is 18.0 Å². The highest BCUT2D eigenvalue weighted by molar-refractivity contribution is 7.10. The van der Waals surface area contributed by atoms with Crippen LogP contribution in [0.3, 0.4) is 0 Å². The molecule has 0 bridgehead atoms. The lowest BCUT2D eigenvalue weighted by Gasteiger charge is -2.16. The third-order valence-electron chi connectivity index (χ3n) is 3.38.